The van der Waals surface area contributed by atoms with Crippen molar-refractivity contribution < 1.29 is 42.8 Å². The van der Waals surface area contributed by atoms with Gasteiger partial charge < -0.3 is 29.9 Å². The molecular weight excluding hydrogens is 481 g/mol. The van der Waals surface area contributed by atoms with Gasteiger partial charge in [-0.05, 0) is 61.7 Å². The number of rotatable bonds is 6. The number of fused-ring (bicyclic) bond motifs is 1. The van der Waals surface area contributed by atoms with Crippen LogP contribution in [0.4, 0.5) is 13.2 Å². The number of carboxylic acid groups (broad SMARTS) is 2. The van der Waals surface area contributed by atoms with Crippen molar-refractivity contribution in [2.45, 2.75) is 31.0 Å². The van der Waals surface area contributed by atoms with Crippen molar-refractivity contribution in [1.29, 1.82) is 0 Å². The zero-order chi connectivity index (χ0) is 26.3. The summed E-state index contributed by atoms with van der Waals surface area (Å²) in [5, 5.41) is 26.2. The molecule has 3 aromatic rings. The molecule has 4 N–H and O–H groups in total. The molecule has 1 atom stereocenters. The van der Waals surface area contributed by atoms with Gasteiger partial charge in [-0.2, -0.15) is 13.2 Å². The van der Waals surface area contributed by atoms with Crippen LogP contribution in [0, 0.1) is 0 Å². The number of aliphatic carboxylic acids is 2. The highest BCUT2D eigenvalue weighted by atomic mass is 19.4. The average Bonchev–Trinajstić information content (AvgIpc) is 3.33. The van der Waals surface area contributed by atoms with Crippen LogP contribution < -0.4 is 4.74 Å². The summed E-state index contributed by atoms with van der Waals surface area (Å²) in [5.41, 5.74) is 1.14. The number of aromatic amines is 1. The predicted molar refractivity (Wildman–Crippen MR) is 125 cm³/mol. The summed E-state index contributed by atoms with van der Waals surface area (Å²) < 4.78 is 44.7. The highest BCUT2D eigenvalue weighted by Crippen LogP contribution is 2.34. The second-order valence-corrected chi connectivity index (χ2v) is 8.47. The molecule has 0 saturated carbocycles. The van der Waals surface area contributed by atoms with E-state index in [1.807, 2.05) is 30.5 Å². The summed E-state index contributed by atoms with van der Waals surface area (Å²) in [7, 11) is 0. The lowest BCUT2D eigenvalue weighted by molar-refractivity contribution is -0.159. The molecule has 1 aliphatic rings. The highest BCUT2D eigenvalue weighted by molar-refractivity contribution is 6.27. The normalized spacial score (nSPS) is 15.7. The molecule has 0 bridgehead atoms. The van der Waals surface area contributed by atoms with Gasteiger partial charge in [0.2, 0.25) is 0 Å². The molecule has 1 aromatic heterocycles. The van der Waals surface area contributed by atoms with Gasteiger partial charge in [0.05, 0.1) is 5.56 Å². The maximum atomic E-state index is 13.0. The summed E-state index contributed by atoms with van der Waals surface area (Å²) in [4.78, 5) is 23.5. The summed E-state index contributed by atoms with van der Waals surface area (Å²) in [6.45, 7) is 2.16. The maximum Gasteiger partial charge on any atom is 0.416 e. The van der Waals surface area contributed by atoms with Crippen molar-refractivity contribution in [3.05, 3.63) is 65.9 Å². The molecule has 2 aromatic carbocycles. The lowest BCUT2D eigenvalue weighted by Crippen LogP contribution is -2.40. The van der Waals surface area contributed by atoms with Crippen molar-refractivity contribution in [3.63, 3.8) is 0 Å². The number of nitrogens with zero attached hydrogens (tertiary/aromatic N) is 1. The fourth-order valence-electron chi connectivity index (χ4n) is 4.14. The monoisotopic (exact) mass is 508 g/mol. The van der Waals surface area contributed by atoms with Crippen LogP contribution in [0.15, 0.2) is 54.7 Å². The number of aromatic nitrogens is 1. The molecule has 0 radical (unpaired) electrons. The van der Waals surface area contributed by atoms with Gasteiger partial charge in [0.1, 0.15) is 18.5 Å². The zero-order valence-corrected chi connectivity index (χ0v) is 19.2. The summed E-state index contributed by atoms with van der Waals surface area (Å²) in [6, 6.07) is 13.3. The highest BCUT2D eigenvalue weighted by Gasteiger charge is 2.31. The summed E-state index contributed by atoms with van der Waals surface area (Å²) in [6.07, 6.45) is -1.55. The molecule has 36 heavy (non-hydrogen) atoms. The smallest absolute Gasteiger partial charge is 0.416 e. The Labute approximate surface area is 204 Å². The fraction of sp³-hybridized carbons (Fsp3) is 0.360. The standard InChI is InChI=1S/C23H25F3N2O2.C2H2O4/c24-23(25,26)18-4-1-3-17(13-18)16-8-11-28(12-9-16)14-19(29)15-30-22-6-2-5-21-20(22)7-10-27-21;3-1(4)2(5)6/h1-7,10,13,16,19,27,29H,8-9,11-12,14-15H2;(H,3,4)(H,5,6)/t19-;/m0./s1. The Morgan fingerprint density at radius 1 is 1.06 bits per heavy atom. The fourth-order valence-corrected chi connectivity index (χ4v) is 4.14. The number of nitrogens with one attached hydrogen (secondary N) is 1. The predicted octanol–water partition coefficient (Wildman–Crippen LogP) is 3.96. The Hall–Kier alpha value is -3.57. The molecule has 8 nitrogen and oxygen atoms in total. The van der Waals surface area contributed by atoms with E-state index in [4.69, 9.17) is 24.5 Å². The number of aliphatic hydroxyl groups is 1. The van der Waals surface area contributed by atoms with Crippen LogP contribution in [-0.4, -0.2) is 69.5 Å². The number of ether oxygens (including phenoxy) is 1. The number of halogens is 3. The first kappa shape index (κ1) is 27.0. The van der Waals surface area contributed by atoms with E-state index in [1.165, 1.54) is 12.1 Å². The maximum absolute atomic E-state index is 13.0. The number of hydrogen-bond acceptors (Lipinski definition) is 5. The second-order valence-electron chi connectivity index (χ2n) is 8.47. The van der Waals surface area contributed by atoms with Gasteiger partial charge in [0.15, 0.2) is 0 Å². The van der Waals surface area contributed by atoms with E-state index < -0.39 is 29.8 Å². The average molecular weight is 508 g/mol. The van der Waals surface area contributed by atoms with Crippen molar-refractivity contribution >= 4 is 22.8 Å². The van der Waals surface area contributed by atoms with Gasteiger partial charge in [0.25, 0.3) is 0 Å². The third-order valence-corrected chi connectivity index (χ3v) is 5.91. The molecule has 0 spiro atoms. The number of H-pyrrole nitrogens is 1. The molecule has 0 unspecified atom stereocenters. The first-order chi connectivity index (χ1) is 17.0. The number of aliphatic hydroxyl groups excluding tert-OH is 1. The minimum absolute atomic E-state index is 0.114. The first-order valence-electron chi connectivity index (χ1n) is 11.3. The number of alkyl halides is 3. The zero-order valence-electron chi connectivity index (χ0n) is 19.2. The molecule has 0 aliphatic carbocycles. The molecule has 194 valence electrons. The van der Waals surface area contributed by atoms with Crippen LogP contribution in [0.2, 0.25) is 0 Å². The van der Waals surface area contributed by atoms with Crippen molar-refractivity contribution in [2.75, 3.05) is 26.2 Å². The molecular formula is C25H27F3N2O6. The van der Waals surface area contributed by atoms with E-state index in [1.54, 1.807) is 6.07 Å². The van der Waals surface area contributed by atoms with Crippen molar-refractivity contribution in [2.24, 2.45) is 0 Å². The third kappa shape index (κ3) is 7.46. The number of benzene rings is 2. The molecule has 2 heterocycles. The van der Waals surface area contributed by atoms with Gasteiger partial charge in [-0.1, -0.05) is 24.3 Å². The Balaban J connectivity index is 0.000000538. The van der Waals surface area contributed by atoms with Crippen molar-refractivity contribution in [3.8, 4) is 5.75 Å². The van der Waals surface area contributed by atoms with Crippen LogP contribution in [-0.2, 0) is 15.8 Å². The topological polar surface area (TPSA) is 123 Å². The van der Waals surface area contributed by atoms with Gasteiger partial charge in [-0.25, -0.2) is 9.59 Å². The van der Waals surface area contributed by atoms with E-state index in [0.717, 1.165) is 54.2 Å². The van der Waals surface area contributed by atoms with Crippen LogP contribution >= 0.6 is 0 Å². The number of β-amino-alcohol motifs (C(OH)–C–C–N with tert-alkyl or cyclic N) is 1. The third-order valence-electron chi connectivity index (χ3n) is 5.91. The largest absolute Gasteiger partial charge is 0.490 e. The minimum atomic E-state index is -4.31. The Morgan fingerprint density at radius 2 is 1.72 bits per heavy atom. The van der Waals surface area contributed by atoms with E-state index in [0.29, 0.717) is 6.54 Å². The summed E-state index contributed by atoms with van der Waals surface area (Å²) >= 11 is 0. The molecule has 1 aliphatic heterocycles. The molecule has 1 fully saturated rings. The van der Waals surface area contributed by atoms with Crippen molar-refractivity contribution in [1.82, 2.24) is 9.88 Å². The van der Waals surface area contributed by atoms with E-state index in [-0.39, 0.29) is 12.5 Å². The number of carboxylic acids is 2. The van der Waals surface area contributed by atoms with Gasteiger partial charge in [-0.3, -0.25) is 0 Å². The first-order valence-corrected chi connectivity index (χ1v) is 11.3. The van der Waals surface area contributed by atoms with Gasteiger partial charge in [-0.15, -0.1) is 0 Å². The quantitative estimate of drug-likeness (QED) is 0.372. The Kier molecular flexibility index (Phi) is 8.94. The number of hydrogen-bond donors (Lipinski definition) is 4. The lowest BCUT2D eigenvalue weighted by atomic mass is 9.88. The van der Waals surface area contributed by atoms with E-state index in [2.05, 4.69) is 9.88 Å². The number of piperidine rings is 1. The van der Waals surface area contributed by atoms with E-state index >= 15 is 0 Å². The van der Waals surface area contributed by atoms with Crippen LogP contribution in [0.5, 0.6) is 5.75 Å². The van der Waals surface area contributed by atoms with Gasteiger partial charge >= 0.3 is 18.1 Å². The van der Waals surface area contributed by atoms with Gasteiger partial charge in [0, 0.05) is 23.6 Å². The Bertz CT molecular complexity index is 1160. The number of likely N-dealkylation sites (tertiary alicyclic amines) is 1. The van der Waals surface area contributed by atoms with Crippen LogP contribution in [0.3, 0.4) is 0 Å². The lowest BCUT2D eigenvalue weighted by Gasteiger charge is -2.33. The second kappa shape index (κ2) is 11.9. The van der Waals surface area contributed by atoms with E-state index in [9.17, 15) is 18.3 Å². The minimum Gasteiger partial charge on any atom is -0.490 e. The Morgan fingerprint density at radius 3 is 2.36 bits per heavy atom. The molecule has 11 heteroatoms. The summed E-state index contributed by atoms with van der Waals surface area (Å²) in [5.74, 6) is -2.80. The SMILES string of the molecule is O=C(O)C(=O)O.O[C@H](COc1cccc2[nH]ccc12)CN1CCC(c2cccc(C(F)(F)F)c2)CC1. The molecule has 4 rings (SSSR count). The van der Waals surface area contributed by atoms with Crippen LogP contribution in [0.1, 0.15) is 29.9 Å². The van der Waals surface area contributed by atoms with Crippen LogP contribution in [0.25, 0.3) is 10.9 Å². The number of carbonyl (C=O) groups is 2. The molecule has 0 amide bonds. The molecule has 1 saturated heterocycles.